The van der Waals surface area contributed by atoms with Crippen molar-refractivity contribution in [3.05, 3.63) is 29.8 Å². The molecule has 98 valence electrons. The first kappa shape index (κ1) is 14.4. The Kier molecular flexibility index (Phi) is 5.03. The van der Waals surface area contributed by atoms with Crippen molar-refractivity contribution in [3.63, 3.8) is 0 Å². The van der Waals surface area contributed by atoms with Crippen LogP contribution in [0.4, 0.5) is 0 Å². The Labute approximate surface area is 108 Å². The van der Waals surface area contributed by atoms with Gasteiger partial charge in [0.05, 0.1) is 21.3 Å². The maximum absolute atomic E-state index is 12.0. The van der Waals surface area contributed by atoms with Crippen LogP contribution in [0.3, 0.4) is 0 Å². The highest BCUT2D eigenvalue weighted by molar-refractivity contribution is 7.85. The molecule has 0 fully saturated rings. The van der Waals surface area contributed by atoms with Crippen LogP contribution in [-0.2, 0) is 15.6 Å². The van der Waals surface area contributed by atoms with Gasteiger partial charge in [0, 0.05) is 13.6 Å². The van der Waals surface area contributed by atoms with Crippen molar-refractivity contribution < 1.29 is 18.9 Å². The molecule has 6 heteroatoms. The van der Waals surface area contributed by atoms with Crippen molar-refractivity contribution in [3.8, 4) is 0 Å². The van der Waals surface area contributed by atoms with E-state index in [1.807, 2.05) is 6.92 Å². The number of nitrogens with zero attached hydrogens (tertiary/aromatic N) is 1. The lowest BCUT2D eigenvalue weighted by Gasteiger charge is -2.14. The summed E-state index contributed by atoms with van der Waals surface area (Å²) >= 11 is 0. The second kappa shape index (κ2) is 6.30. The van der Waals surface area contributed by atoms with Crippen LogP contribution in [0, 0.1) is 0 Å². The topological polar surface area (TPSA) is 74.7 Å². The molecule has 0 spiro atoms. The van der Waals surface area contributed by atoms with E-state index in [-0.39, 0.29) is 22.1 Å². The quantitative estimate of drug-likeness (QED) is 0.864. The van der Waals surface area contributed by atoms with Gasteiger partial charge in [-0.05, 0) is 19.1 Å². The molecule has 0 radical (unpaired) electrons. The van der Waals surface area contributed by atoms with Crippen LogP contribution in [0.25, 0.3) is 0 Å². The first-order valence-corrected chi connectivity index (χ1v) is 6.74. The minimum Gasteiger partial charge on any atom is -0.478 e. The SMILES string of the molecule is CCN(C)C(=O)CS(=O)c1ccccc1C(=O)O. The van der Waals surface area contributed by atoms with Crippen LogP contribution in [0.5, 0.6) is 0 Å². The summed E-state index contributed by atoms with van der Waals surface area (Å²) in [5.41, 5.74) is -0.0252. The Morgan fingerprint density at radius 1 is 1.33 bits per heavy atom. The van der Waals surface area contributed by atoms with Gasteiger partial charge >= 0.3 is 5.97 Å². The van der Waals surface area contributed by atoms with E-state index in [0.29, 0.717) is 6.54 Å². The summed E-state index contributed by atoms with van der Waals surface area (Å²) in [4.78, 5) is 24.2. The number of carboxylic acids is 1. The third-order valence-corrected chi connectivity index (χ3v) is 3.87. The standard InChI is InChI=1S/C12H15NO4S/c1-3-13(2)11(14)8-18(17)10-7-5-4-6-9(10)12(15)16/h4-7H,3,8H2,1-2H3,(H,15,16). The number of hydrogen-bond acceptors (Lipinski definition) is 3. The van der Waals surface area contributed by atoms with Gasteiger partial charge in [-0.3, -0.25) is 9.00 Å². The fourth-order valence-electron chi connectivity index (χ4n) is 1.32. The number of carbonyl (C=O) groups is 2. The van der Waals surface area contributed by atoms with Crippen molar-refractivity contribution in [2.24, 2.45) is 0 Å². The van der Waals surface area contributed by atoms with Crippen LogP contribution in [-0.4, -0.2) is 45.4 Å². The largest absolute Gasteiger partial charge is 0.478 e. The minimum absolute atomic E-state index is 0.0252. The zero-order valence-corrected chi connectivity index (χ0v) is 11.1. The lowest BCUT2D eigenvalue weighted by molar-refractivity contribution is -0.126. The molecule has 1 unspecified atom stereocenters. The maximum atomic E-state index is 12.0. The van der Waals surface area contributed by atoms with Gasteiger partial charge in [0.2, 0.25) is 5.91 Å². The summed E-state index contributed by atoms with van der Waals surface area (Å²) in [6, 6.07) is 6.01. The molecule has 0 aromatic heterocycles. The highest BCUT2D eigenvalue weighted by Crippen LogP contribution is 2.14. The van der Waals surface area contributed by atoms with Gasteiger partial charge in [0.25, 0.3) is 0 Å². The second-order valence-electron chi connectivity index (χ2n) is 3.70. The molecule has 0 saturated carbocycles. The molecular weight excluding hydrogens is 254 g/mol. The third kappa shape index (κ3) is 3.40. The predicted octanol–water partition coefficient (Wildman–Crippen LogP) is 0.971. The van der Waals surface area contributed by atoms with Crippen molar-refractivity contribution in [1.82, 2.24) is 4.90 Å². The Morgan fingerprint density at radius 3 is 2.50 bits per heavy atom. The summed E-state index contributed by atoms with van der Waals surface area (Å²) in [7, 11) is -0.0261. The lowest BCUT2D eigenvalue weighted by atomic mass is 10.2. The van der Waals surface area contributed by atoms with Gasteiger partial charge in [-0.2, -0.15) is 0 Å². The average Bonchev–Trinajstić information content (AvgIpc) is 2.37. The number of aromatic carboxylic acids is 1. The van der Waals surface area contributed by atoms with Gasteiger partial charge in [0.15, 0.2) is 0 Å². The van der Waals surface area contributed by atoms with Gasteiger partial charge in [-0.15, -0.1) is 0 Å². The Balaban J connectivity index is 2.92. The fraction of sp³-hybridized carbons (Fsp3) is 0.333. The molecule has 0 aliphatic carbocycles. The maximum Gasteiger partial charge on any atom is 0.336 e. The van der Waals surface area contributed by atoms with Crippen LogP contribution in [0.15, 0.2) is 29.2 Å². The van der Waals surface area contributed by atoms with Crippen LogP contribution >= 0.6 is 0 Å². The van der Waals surface area contributed by atoms with E-state index in [2.05, 4.69) is 0 Å². The second-order valence-corrected chi connectivity index (χ2v) is 5.12. The van der Waals surface area contributed by atoms with E-state index in [0.717, 1.165) is 0 Å². The molecule has 0 saturated heterocycles. The fourth-order valence-corrected chi connectivity index (χ4v) is 2.55. The van der Waals surface area contributed by atoms with E-state index >= 15 is 0 Å². The molecular formula is C12H15NO4S. The van der Waals surface area contributed by atoms with Crippen LogP contribution in [0.1, 0.15) is 17.3 Å². The molecule has 5 nitrogen and oxygen atoms in total. The monoisotopic (exact) mass is 269 g/mol. The molecule has 1 N–H and O–H groups in total. The van der Waals surface area contributed by atoms with Crippen molar-refractivity contribution >= 4 is 22.7 Å². The number of benzene rings is 1. The molecule has 0 heterocycles. The first-order chi connectivity index (χ1) is 8.47. The number of rotatable bonds is 5. The highest BCUT2D eigenvalue weighted by atomic mass is 32.2. The average molecular weight is 269 g/mol. The Hall–Kier alpha value is -1.69. The molecule has 0 aliphatic rings. The summed E-state index contributed by atoms with van der Waals surface area (Å²) in [6.45, 7) is 2.34. The van der Waals surface area contributed by atoms with E-state index in [9.17, 15) is 13.8 Å². The predicted molar refractivity (Wildman–Crippen MR) is 68.0 cm³/mol. The molecule has 0 aliphatic heterocycles. The van der Waals surface area contributed by atoms with E-state index in [1.165, 1.54) is 17.0 Å². The van der Waals surface area contributed by atoms with Crippen LogP contribution < -0.4 is 0 Å². The zero-order valence-electron chi connectivity index (χ0n) is 10.3. The van der Waals surface area contributed by atoms with Gasteiger partial charge in [-0.25, -0.2) is 4.79 Å². The first-order valence-electron chi connectivity index (χ1n) is 5.42. The smallest absolute Gasteiger partial charge is 0.336 e. The zero-order chi connectivity index (χ0) is 13.7. The van der Waals surface area contributed by atoms with Gasteiger partial charge in [-0.1, -0.05) is 12.1 Å². The number of carbonyl (C=O) groups excluding carboxylic acids is 1. The summed E-state index contributed by atoms with van der Waals surface area (Å²) in [5, 5.41) is 8.97. The van der Waals surface area contributed by atoms with Crippen molar-refractivity contribution in [1.29, 1.82) is 0 Å². The van der Waals surface area contributed by atoms with E-state index < -0.39 is 16.8 Å². The highest BCUT2D eigenvalue weighted by Gasteiger charge is 2.18. The minimum atomic E-state index is -1.64. The van der Waals surface area contributed by atoms with Gasteiger partial charge in [0.1, 0.15) is 5.75 Å². The van der Waals surface area contributed by atoms with Crippen molar-refractivity contribution in [2.75, 3.05) is 19.3 Å². The molecule has 1 atom stereocenters. The van der Waals surface area contributed by atoms with E-state index in [4.69, 9.17) is 5.11 Å². The normalized spacial score (nSPS) is 11.9. The molecule has 0 bridgehead atoms. The number of hydrogen-bond donors (Lipinski definition) is 1. The van der Waals surface area contributed by atoms with E-state index in [1.54, 1.807) is 19.2 Å². The van der Waals surface area contributed by atoms with Crippen LogP contribution in [0.2, 0.25) is 0 Å². The summed E-state index contributed by atoms with van der Waals surface area (Å²) < 4.78 is 12.0. The van der Waals surface area contributed by atoms with Crippen molar-refractivity contribution in [2.45, 2.75) is 11.8 Å². The molecule has 1 aromatic rings. The molecule has 1 rings (SSSR count). The third-order valence-electron chi connectivity index (χ3n) is 2.52. The molecule has 1 amide bonds. The lowest BCUT2D eigenvalue weighted by Crippen LogP contribution is -2.30. The number of carboxylic acid groups (broad SMARTS) is 1. The van der Waals surface area contributed by atoms with Gasteiger partial charge < -0.3 is 10.0 Å². The Morgan fingerprint density at radius 2 is 1.94 bits per heavy atom. The summed E-state index contributed by atoms with van der Waals surface area (Å²) in [5.74, 6) is -1.61. The Bertz CT molecular complexity index is 487. The summed E-state index contributed by atoms with van der Waals surface area (Å²) in [6.07, 6.45) is 0. The molecule has 18 heavy (non-hydrogen) atoms. The molecule has 1 aromatic carbocycles. The number of amides is 1.